The van der Waals surface area contributed by atoms with Gasteiger partial charge in [-0.25, -0.2) is 0 Å². The van der Waals surface area contributed by atoms with E-state index in [-0.39, 0.29) is 18.3 Å². The van der Waals surface area contributed by atoms with Crippen molar-refractivity contribution >= 4 is 0 Å². The average molecular weight is 246 g/mol. The average Bonchev–Trinajstić information content (AvgIpc) is 3.14. The molecule has 3 unspecified atom stereocenters. The molecule has 0 radical (unpaired) electrons. The Morgan fingerprint density at radius 2 is 1.65 bits per heavy atom. The highest BCUT2D eigenvalue weighted by atomic mass is 16.6. The van der Waals surface area contributed by atoms with Gasteiger partial charge in [0.2, 0.25) is 0 Å². The van der Waals surface area contributed by atoms with Crippen molar-refractivity contribution in [3.63, 3.8) is 0 Å². The van der Waals surface area contributed by atoms with Crippen LogP contribution in [0.25, 0.3) is 0 Å². The lowest BCUT2D eigenvalue weighted by Crippen LogP contribution is -2.29. The highest BCUT2D eigenvalue weighted by molar-refractivity contribution is 4.70. The van der Waals surface area contributed by atoms with Crippen LogP contribution in [0, 0.1) is 0 Å². The van der Waals surface area contributed by atoms with E-state index in [2.05, 4.69) is 0 Å². The van der Waals surface area contributed by atoms with Gasteiger partial charge in [-0.1, -0.05) is 0 Å². The summed E-state index contributed by atoms with van der Waals surface area (Å²) in [6.45, 7) is 8.07. The molecule has 2 aliphatic rings. The Labute approximate surface area is 102 Å². The van der Waals surface area contributed by atoms with E-state index in [1.807, 2.05) is 13.8 Å². The maximum atomic E-state index is 5.70. The van der Waals surface area contributed by atoms with E-state index >= 15 is 0 Å². The molecule has 2 fully saturated rings. The molecule has 0 amide bonds. The molecule has 2 heterocycles. The minimum absolute atomic E-state index is 0.0136. The fraction of sp³-hybridized carbons (Fsp3) is 1.00. The van der Waals surface area contributed by atoms with Crippen molar-refractivity contribution in [1.29, 1.82) is 0 Å². The molecular formula is C12H22O5. The highest BCUT2D eigenvalue weighted by Crippen LogP contribution is 2.12. The van der Waals surface area contributed by atoms with Gasteiger partial charge in [0, 0.05) is 0 Å². The first-order chi connectivity index (χ1) is 8.24. The zero-order valence-corrected chi connectivity index (χ0v) is 10.6. The monoisotopic (exact) mass is 246 g/mol. The number of rotatable bonds is 10. The van der Waals surface area contributed by atoms with Crippen molar-refractivity contribution in [2.45, 2.75) is 38.3 Å². The Balaban J connectivity index is 1.57. The molecule has 17 heavy (non-hydrogen) atoms. The number of hydrogen-bond donors (Lipinski definition) is 0. The van der Waals surface area contributed by atoms with Crippen molar-refractivity contribution in [3.8, 4) is 0 Å². The Bertz CT molecular complexity index is 207. The van der Waals surface area contributed by atoms with Gasteiger partial charge in [-0.15, -0.1) is 0 Å². The second-order valence-electron chi connectivity index (χ2n) is 4.79. The summed E-state index contributed by atoms with van der Waals surface area (Å²) in [5, 5.41) is 0. The van der Waals surface area contributed by atoms with Gasteiger partial charge in [0.15, 0.2) is 0 Å². The van der Waals surface area contributed by atoms with Crippen molar-refractivity contribution < 1.29 is 23.7 Å². The molecule has 0 bridgehead atoms. The van der Waals surface area contributed by atoms with Crippen molar-refractivity contribution in [2.24, 2.45) is 0 Å². The van der Waals surface area contributed by atoms with Gasteiger partial charge < -0.3 is 23.7 Å². The number of epoxide rings is 2. The molecule has 2 aliphatic heterocycles. The number of hydrogen-bond acceptors (Lipinski definition) is 5. The fourth-order valence-electron chi connectivity index (χ4n) is 1.35. The van der Waals surface area contributed by atoms with E-state index in [1.165, 1.54) is 0 Å². The molecule has 5 heteroatoms. The Morgan fingerprint density at radius 3 is 2.24 bits per heavy atom. The van der Waals surface area contributed by atoms with Crippen LogP contribution in [0.15, 0.2) is 0 Å². The fourth-order valence-corrected chi connectivity index (χ4v) is 1.35. The van der Waals surface area contributed by atoms with Crippen LogP contribution in [0.2, 0.25) is 0 Å². The van der Waals surface area contributed by atoms with Crippen LogP contribution in [0.1, 0.15) is 13.8 Å². The predicted molar refractivity (Wildman–Crippen MR) is 61.1 cm³/mol. The lowest BCUT2D eigenvalue weighted by molar-refractivity contribution is -0.0754. The topological polar surface area (TPSA) is 52.8 Å². The van der Waals surface area contributed by atoms with E-state index in [4.69, 9.17) is 23.7 Å². The number of ether oxygens (including phenoxy) is 5. The summed E-state index contributed by atoms with van der Waals surface area (Å²) in [7, 11) is 0. The van der Waals surface area contributed by atoms with E-state index in [9.17, 15) is 0 Å². The van der Waals surface area contributed by atoms with E-state index in [0.717, 1.165) is 13.2 Å². The molecule has 5 nitrogen and oxygen atoms in total. The van der Waals surface area contributed by atoms with Gasteiger partial charge in [0.25, 0.3) is 0 Å². The van der Waals surface area contributed by atoms with Gasteiger partial charge in [-0.3, -0.25) is 0 Å². The van der Waals surface area contributed by atoms with Gasteiger partial charge in [0.1, 0.15) is 18.3 Å². The Kier molecular flexibility index (Phi) is 5.18. The normalized spacial score (nSPS) is 28.4. The van der Waals surface area contributed by atoms with E-state index in [1.54, 1.807) is 0 Å². The van der Waals surface area contributed by atoms with Crippen LogP contribution in [0.3, 0.4) is 0 Å². The Hall–Kier alpha value is -0.200. The molecule has 100 valence electrons. The molecule has 3 atom stereocenters. The van der Waals surface area contributed by atoms with Crippen LogP contribution >= 0.6 is 0 Å². The largest absolute Gasteiger partial charge is 0.376 e. The third-order valence-corrected chi connectivity index (χ3v) is 2.55. The zero-order valence-electron chi connectivity index (χ0n) is 10.6. The van der Waals surface area contributed by atoms with E-state index < -0.39 is 0 Å². The molecule has 2 rings (SSSR count). The maximum absolute atomic E-state index is 5.70. The SMILES string of the molecule is CC(C)OCC(COCC1CO1)OCC1CO1. The minimum atomic E-state index is -0.0136. The van der Waals surface area contributed by atoms with Crippen molar-refractivity contribution in [2.75, 3.05) is 39.6 Å². The zero-order chi connectivity index (χ0) is 12.1. The maximum Gasteiger partial charge on any atom is 0.104 e. The molecule has 0 aromatic rings. The summed E-state index contributed by atoms with van der Waals surface area (Å²) in [5.41, 5.74) is 0. The van der Waals surface area contributed by atoms with Crippen LogP contribution in [0.4, 0.5) is 0 Å². The lowest BCUT2D eigenvalue weighted by atomic mass is 10.3. The van der Waals surface area contributed by atoms with Crippen LogP contribution in [-0.4, -0.2) is 64.1 Å². The highest BCUT2D eigenvalue weighted by Gasteiger charge is 2.26. The molecule has 0 aromatic carbocycles. The van der Waals surface area contributed by atoms with Crippen LogP contribution in [0.5, 0.6) is 0 Å². The third kappa shape index (κ3) is 6.33. The van der Waals surface area contributed by atoms with Gasteiger partial charge in [0.05, 0.1) is 45.7 Å². The smallest absolute Gasteiger partial charge is 0.104 e. The molecule has 0 spiro atoms. The first kappa shape index (κ1) is 13.2. The Morgan fingerprint density at radius 1 is 1.00 bits per heavy atom. The van der Waals surface area contributed by atoms with E-state index in [0.29, 0.717) is 32.5 Å². The summed E-state index contributed by atoms with van der Waals surface area (Å²) in [6.07, 6.45) is 0.780. The summed E-state index contributed by atoms with van der Waals surface area (Å²) in [5.74, 6) is 0. The second-order valence-corrected chi connectivity index (χ2v) is 4.79. The third-order valence-electron chi connectivity index (χ3n) is 2.55. The van der Waals surface area contributed by atoms with Crippen LogP contribution in [-0.2, 0) is 23.7 Å². The summed E-state index contributed by atoms with van der Waals surface area (Å²) in [4.78, 5) is 0. The molecule has 0 saturated carbocycles. The lowest BCUT2D eigenvalue weighted by Gasteiger charge is -2.19. The minimum Gasteiger partial charge on any atom is -0.376 e. The molecule has 0 N–H and O–H groups in total. The quantitative estimate of drug-likeness (QED) is 0.529. The van der Waals surface area contributed by atoms with Gasteiger partial charge >= 0.3 is 0 Å². The molecular weight excluding hydrogens is 224 g/mol. The standard InChI is InChI=1S/C12H22O5/c1-9(2)14-5-10(16-7-12-8-17-12)3-13-4-11-6-15-11/h9-12H,3-8H2,1-2H3. The molecule has 0 aliphatic carbocycles. The van der Waals surface area contributed by atoms with Gasteiger partial charge in [-0.2, -0.15) is 0 Å². The molecule has 0 aromatic heterocycles. The summed E-state index contributed by atoms with van der Waals surface area (Å²) < 4.78 is 27.0. The first-order valence-electron chi connectivity index (χ1n) is 6.28. The predicted octanol–water partition coefficient (Wildman–Crippen LogP) is 0.611. The first-order valence-corrected chi connectivity index (χ1v) is 6.28. The second kappa shape index (κ2) is 6.66. The molecule has 2 saturated heterocycles. The van der Waals surface area contributed by atoms with Gasteiger partial charge in [-0.05, 0) is 13.8 Å². The van der Waals surface area contributed by atoms with Crippen LogP contribution < -0.4 is 0 Å². The van der Waals surface area contributed by atoms with Crippen molar-refractivity contribution in [3.05, 3.63) is 0 Å². The summed E-state index contributed by atoms with van der Waals surface area (Å²) in [6, 6.07) is 0. The summed E-state index contributed by atoms with van der Waals surface area (Å²) >= 11 is 0. The van der Waals surface area contributed by atoms with Crippen molar-refractivity contribution in [1.82, 2.24) is 0 Å².